The Morgan fingerprint density at radius 1 is 1.25 bits per heavy atom. The van der Waals surface area contributed by atoms with Crippen LogP contribution in [0.5, 0.6) is 0 Å². The van der Waals surface area contributed by atoms with Crippen LogP contribution in [-0.2, 0) is 9.47 Å². The summed E-state index contributed by atoms with van der Waals surface area (Å²) < 4.78 is 11.0. The average Bonchev–Trinajstić information content (AvgIpc) is 2.44. The molecule has 4 atom stereocenters. The normalized spacial score (nSPS) is 47.5. The van der Waals surface area contributed by atoms with E-state index in [1.807, 2.05) is 0 Å². The second kappa shape index (κ2) is 3.30. The topological polar surface area (TPSA) is 64.7 Å². The Kier molecular flexibility index (Phi) is 2.32. The van der Waals surface area contributed by atoms with Gasteiger partial charge in [-0.2, -0.15) is 0 Å². The summed E-state index contributed by atoms with van der Waals surface area (Å²) in [6.07, 6.45) is 0.848. The second-order valence-electron chi connectivity index (χ2n) is 3.51. The van der Waals surface area contributed by atoms with Crippen LogP contribution in [0.4, 0.5) is 0 Å². The molecule has 0 radical (unpaired) electrons. The molecule has 4 heteroatoms. The summed E-state index contributed by atoms with van der Waals surface area (Å²) in [4.78, 5) is 0. The van der Waals surface area contributed by atoms with Crippen molar-refractivity contribution in [3.05, 3.63) is 0 Å². The van der Waals surface area contributed by atoms with Crippen LogP contribution in [0.2, 0.25) is 0 Å². The van der Waals surface area contributed by atoms with Gasteiger partial charge in [0, 0.05) is 18.6 Å². The summed E-state index contributed by atoms with van der Waals surface area (Å²) in [7, 11) is 0. The molecule has 0 bridgehead atoms. The molecule has 4 nitrogen and oxygen atoms in total. The molecule has 1 saturated carbocycles. The molecule has 0 aromatic carbocycles. The summed E-state index contributed by atoms with van der Waals surface area (Å²) in [6, 6.07) is 0.0347. The third-order valence-corrected chi connectivity index (χ3v) is 2.72. The van der Waals surface area contributed by atoms with E-state index in [1.54, 1.807) is 0 Å². The summed E-state index contributed by atoms with van der Waals surface area (Å²) in [5.41, 5.74) is 5.84. The molecule has 1 saturated heterocycles. The lowest BCUT2D eigenvalue weighted by Crippen LogP contribution is -2.44. The number of hydrogen-bond donors (Lipinski definition) is 2. The maximum absolute atomic E-state index is 9.03. The Bertz CT molecular complexity index is 164. The van der Waals surface area contributed by atoms with Gasteiger partial charge < -0.3 is 20.3 Å². The van der Waals surface area contributed by atoms with Crippen LogP contribution in [0.1, 0.15) is 6.42 Å². The van der Waals surface area contributed by atoms with Gasteiger partial charge in [0.05, 0.1) is 25.4 Å². The first kappa shape index (κ1) is 8.44. The van der Waals surface area contributed by atoms with Gasteiger partial charge in [-0.3, -0.25) is 0 Å². The largest absolute Gasteiger partial charge is 0.396 e. The Morgan fingerprint density at radius 2 is 1.92 bits per heavy atom. The number of aliphatic hydroxyl groups is 1. The van der Waals surface area contributed by atoms with Gasteiger partial charge in [0.15, 0.2) is 0 Å². The number of hydrogen-bond acceptors (Lipinski definition) is 4. The van der Waals surface area contributed by atoms with E-state index in [4.69, 9.17) is 20.3 Å². The van der Waals surface area contributed by atoms with Crippen molar-refractivity contribution >= 4 is 0 Å². The maximum Gasteiger partial charge on any atom is 0.0991 e. The summed E-state index contributed by atoms with van der Waals surface area (Å²) in [5, 5.41) is 9.03. The van der Waals surface area contributed by atoms with Gasteiger partial charge in [0.1, 0.15) is 0 Å². The smallest absolute Gasteiger partial charge is 0.0991 e. The van der Waals surface area contributed by atoms with Gasteiger partial charge in [0.2, 0.25) is 0 Å². The first-order valence-corrected chi connectivity index (χ1v) is 4.42. The molecule has 0 amide bonds. The zero-order valence-electron chi connectivity index (χ0n) is 6.98. The van der Waals surface area contributed by atoms with Gasteiger partial charge in [-0.25, -0.2) is 0 Å². The minimum absolute atomic E-state index is 0.0101. The van der Waals surface area contributed by atoms with Crippen molar-refractivity contribution in [1.29, 1.82) is 0 Å². The minimum atomic E-state index is 0.0101. The molecule has 1 heterocycles. The molecule has 4 unspecified atom stereocenters. The lowest BCUT2D eigenvalue weighted by Gasteiger charge is -2.30. The van der Waals surface area contributed by atoms with E-state index in [9.17, 15) is 0 Å². The van der Waals surface area contributed by atoms with Crippen LogP contribution in [0.25, 0.3) is 0 Å². The Hall–Kier alpha value is -0.160. The highest BCUT2D eigenvalue weighted by Gasteiger charge is 2.44. The van der Waals surface area contributed by atoms with Crippen LogP contribution in [0, 0.1) is 5.92 Å². The van der Waals surface area contributed by atoms with Gasteiger partial charge in [-0.1, -0.05) is 0 Å². The third kappa shape index (κ3) is 1.25. The van der Waals surface area contributed by atoms with Crippen molar-refractivity contribution < 1.29 is 14.6 Å². The van der Waals surface area contributed by atoms with Crippen molar-refractivity contribution in [3.63, 3.8) is 0 Å². The van der Waals surface area contributed by atoms with E-state index in [1.165, 1.54) is 0 Å². The summed E-state index contributed by atoms with van der Waals surface area (Å²) >= 11 is 0. The first-order valence-electron chi connectivity index (χ1n) is 4.42. The lowest BCUT2D eigenvalue weighted by molar-refractivity contribution is -0.144. The molecule has 12 heavy (non-hydrogen) atoms. The van der Waals surface area contributed by atoms with Gasteiger partial charge in [-0.05, 0) is 6.42 Å². The predicted molar refractivity (Wildman–Crippen MR) is 42.6 cm³/mol. The van der Waals surface area contributed by atoms with E-state index < -0.39 is 0 Å². The number of rotatable bonds is 1. The average molecular weight is 173 g/mol. The highest BCUT2D eigenvalue weighted by molar-refractivity contribution is 4.96. The highest BCUT2D eigenvalue weighted by atomic mass is 16.6. The quantitative estimate of drug-likeness (QED) is 0.540. The molecule has 1 aliphatic carbocycles. The zero-order valence-corrected chi connectivity index (χ0v) is 6.98. The van der Waals surface area contributed by atoms with Crippen LogP contribution >= 0.6 is 0 Å². The van der Waals surface area contributed by atoms with Crippen LogP contribution in [0.15, 0.2) is 0 Å². The predicted octanol–water partition coefficient (Wildman–Crippen LogP) is -0.890. The van der Waals surface area contributed by atoms with Crippen LogP contribution in [0.3, 0.4) is 0 Å². The molecule has 3 N–H and O–H groups in total. The van der Waals surface area contributed by atoms with Gasteiger partial charge >= 0.3 is 0 Å². The molecule has 2 fully saturated rings. The fourth-order valence-corrected chi connectivity index (χ4v) is 2.13. The molecular weight excluding hydrogens is 158 g/mol. The third-order valence-electron chi connectivity index (χ3n) is 2.72. The number of aliphatic hydroxyl groups excluding tert-OH is 1. The van der Waals surface area contributed by atoms with Crippen molar-refractivity contribution in [3.8, 4) is 0 Å². The monoisotopic (exact) mass is 173 g/mol. The number of ether oxygens (including phenoxy) is 2. The zero-order chi connectivity index (χ0) is 8.55. The van der Waals surface area contributed by atoms with Crippen LogP contribution < -0.4 is 5.73 Å². The molecular formula is C8H15NO3. The van der Waals surface area contributed by atoms with Crippen molar-refractivity contribution in [2.45, 2.75) is 24.7 Å². The number of nitrogens with two attached hydrogens (primary N) is 1. The van der Waals surface area contributed by atoms with E-state index in [-0.39, 0.29) is 30.8 Å². The molecule has 0 spiro atoms. The fraction of sp³-hybridized carbons (Fsp3) is 1.00. The van der Waals surface area contributed by atoms with Gasteiger partial charge in [-0.15, -0.1) is 0 Å². The molecule has 0 aromatic rings. The van der Waals surface area contributed by atoms with Crippen molar-refractivity contribution in [2.24, 2.45) is 11.7 Å². The molecule has 1 aliphatic heterocycles. The molecule has 70 valence electrons. The number of fused-ring (bicyclic) bond motifs is 1. The first-order chi connectivity index (χ1) is 5.83. The standard InChI is InChI=1S/C8H15NO3/c9-6-3-5(4-10)7-8(6)12-2-1-11-7/h5-8,10H,1-4,9H2. The highest BCUT2D eigenvalue weighted by Crippen LogP contribution is 2.31. The van der Waals surface area contributed by atoms with Crippen molar-refractivity contribution in [2.75, 3.05) is 19.8 Å². The Labute approximate surface area is 71.6 Å². The molecule has 0 aromatic heterocycles. The van der Waals surface area contributed by atoms with E-state index >= 15 is 0 Å². The summed E-state index contributed by atoms with van der Waals surface area (Å²) in [6.45, 7) is 1.41. The molecule has 2 aliphatic rings. The van der Waals surface area contributed by atoms with E-state index in [0.29, 0.717) is 13.2 Å². The van der Waals surface area contributed by atoms with E-state index in [2.05, 4.69) is 0 Å². The van der Waals surface area contributed by atoms with E-state index in [0.717, 1.165) is 6.42 Å². The summed E-state index contributed by atoms with van der Waals surface area (Å²) in [5.74, 6) is 0.172. The molecule has 2 rings (SSSR count). The van der Waals surface area contributed by atoms with Gasteiger partial charge in [0.25, 0.3) is 0 Å². The maximum atomic E-state index is 9.03. The minimum Gasteiger partial charge on any atom is -0.396 e. The second-order valence-corrected chi connectivity index (χ2v) is 3.51. The SMILES string of the molecule is NC1CC(CO)C2OCCOC12. The Balaban J connectivity index is 2.05. The van der Waals surface area contributed by atoms with Crippen LogP contribution in [-0.4, -0.2) is 43.2 Å². The van der Waals surface area contributed by atoms with Crippen molar-refractivity contribution in [1.82, 2.24) is 0 Å². The Morgan fingerprint density at radius 3 is 2.58 bits per heavy atom. The lowest BCUT2D eigenvalue weighted by atomic mass is 10.1. The fourth-order valence-electron chi connectivity index (χ4n) is 2.13.